The van der Waals surface area contributed by atoms with Gasteiger partial charge in [0.15, 0.2) is 0 Å². The van der Waals surface area contributed by atoms with Gasteiger partial charge in [-0.15, -0.1) is 0 Å². The van der Waals surface area contributed by atoms with E-state index in [0.717, 1.165) is 38.4 Å². The number of nitrogen functional groups attached to an aromatic ring is 1. The highest BCUT2D eigenvalue weighted by Crippen LogP contribution is 2.11. The number of hydrogen-bond acceptors (Lipinski definition) is 4. The fraction of sp³-hybridized carbons (Fsp3) is 0.500. The van der Waals surface area contributed by atoms with Gasteiger partial charge in [-0.3, -0.25) is 9.69 Å². The fourth-order valence-electron chi connectivity index (χ4n) is 2.28. The minimum atomic E-state index is 0.0237. The van der Waals surface area contributed by atoms with Crippen LogP contribution >= 0.6 is 0 Å². The second-order valence-electron chi connectivity index (χ2n) is 4.88. The van der Waals surface area contributed by atoms with Gasteiger partial charge in [-0.05, 0) is 24.7 Å². The zero-order valence-corrected chi connectivity index (χ0v) is 11.4. The van der Waals surface area contributed by atoms with Gasteiger partial charge in [0.2, 0.25) is 5.91 Å². The van der Waals surface area contributed by atoms with Gasteiger partial charge < -0.3 is 16.0 Å². The van der Waals surface area contributed by atoms with E-state index in [1.165, 1.54) is 0 Å². The summed E-state index contributed by atoms with van der Waals surface area (Å²) in [5, 5.41) is 2.88. The molecule has 1 aliphatic heterocycles. The molecule has 1 saturated heterocycles. The molecule has 0 saturated carbocycles. The number of hydrogen-bond donors (Lipinski definition) is 2. The Morgan fingerprint density at radius 1 is 1.26 bits per heavy atom. The van der Waals surface area contributed by atoms with Crippen molar-refractivity contribution in [2.75, 3.05) is 50.3 Å². The van der Waals surface area contributed by atoms with Crippen LogP contribution in [0.4, 0.5) is 11.4 Å². The summed E-state index contributed by atoms with van der Waals surface area (Å²) in [6.07, 6.45) is 0. The maximum absolute atomic E-state index is 11.9. The van der Waals surface area contributed by atoms with E-state index in [0.29, 0.717) is 12.2 Å². The van der Waals surface area contributed by atoms with E-state index in [9.17, 15) is 4.79 Å². The minimum Gasteiger partial charge on any atom is -0.399 e. The highest BCUT2D eigenvalue weighted by molar-refractivity contribution is 5.92. The van der Waals surface area contributed by atoms with Crippen molar-refractivity contribution in [2.24, 2.45) is 0 Å². The molecule has 0 aromatic heterocycles. The Balaban J connectivity index is 1.79. The maximum atomic E-state index is 11.9. The molecule has 1 aromatic carbocycles. The number of nitrogens with one attached hydrogen (secondary N) is 1. The van der Waals surface area contributed by atoms with Gasteiger partial charge in [0.25, 0.3) is 0 Å². The molecule has 2 rings (SSSR count). The molecule has 0 radical (unpaired) electrons. The number of nitrogens with two attached hydrogens (primary N) is 1. The van der Waals surface area contributed by atoms with Crippen molar-refractivity contribution >= 4 is 17.3 Å². The van der Waals surface area contributed by atoms with Crippen LogP contribution in [0.1, 0.15) is 6.92 Å². The van der Waals surface area contributed by atoms with Crippen LogP contribution < -0.4 is 11.1 Å². The number of likely N-dealkylation sites (N-methyl/N-ethyl adjacent to an activating group) is 1. The molecule has 1 aliphatic rings. The van der Waals surface area contributed by atoms with Crippen LogP contribution in [0.3, 0.4) is 0 Å². The molecule has 3 N–H and O–H groups in total. The molecule has 0 atom stereocenters. The lowest BCUT2D eigenvalue weighted by atomic mass is 10.2. The Morgan fingerprint density at radius 3 is 2.58 bits per heavy atom. The molecule has 19 heavy (non-hydrogen) atoms. The SMILES string of the molecule is CCN1CCN(CC(=O)Nc2cccc(N)c2)CC1. The topological polar surface area (TPSA) is 61.6 Å². The number of carbonyl (C=O) groups is 1. The summed E-state index contributed by atoms with van der Waals surface area (Å²) in [6.45, 7) is 7.71. The summed E-state index contributed by atoms with van der Waals surface area (Å²) in [4.78, 5) is 16.5. The van der Waals surface area contributed by atoms with Crippen LogP contribution in [0.2, 0.25) is 0 Å². The van der Waals surface area contributed by atoms with E-state index < -0.39 is 0 Å². The lowest BCUT2D eigenvalue weighted by Gasteiger charge is -2.33. The Hall–Kier alpha value is -1.59. The Kier molecular flexibility index (Phi) is 4.76. The predicted molar refractivity (Wildman–Crippen MR) is 78.0 cm³/mol. The summed E-state index contributed by atoms with van der Waals surface area (Å²) in [6, 6.07) is 7.26. The van der Waals surface area contributed by atoms with E-state index in [2.05, 4.69) is 22.0 Å². The normalized spacial score (nSPS) is 17.3. The zero-order chi connectivity index (χ0) is 13.7. The first kappa shape index (κ1) is 13.8. The molecule has 5 nitrogen and oxygen atoms in total. The third-order valence-corrected chi connectivity index (χ3v) is 3.45. The van der Waals surface area contributed by atoms with Crippen molar-refractivity contribution in [2.45, 2.75) is 6.92 Å². The van der Waals surface area contributed by atoms with Crippen LogP contribution in [-0.2, 0) is 4.79 Å². The molecule has 0 unspecified atom stereocenters. The lowest BCUT2D eigenvalue weighted by molar-refractivity contribution is -0.117. The zero-order valence-electron chi connectivity index (χ0n) is 11.4. The van der Waals surface area contributed by atoms with Crippen LogP contribution in [0, 0.1) is 0 Å². The number of nitrogens with zero attached hydrogens (tertiary/aromatic N) is 2. The van der Waals surface area contributed by atoms with Gasteiger partial charge in [0, 0.05) is 37.6 Å². The molecule has 0 spiro atoms. The van der Waals surface area contributed by atoms with Crippen molar-refractivity contribution in [1.82, 2.24) is 9.80 Å². The van der Waals surface area contributed by atoms with E-state index in [1.54, 1.807) is 12.1 Å². The second-order valence-corrected chi connectivity index (χ2v) is 4.88. The number of benzene rings is 1. The first-order valence-electron chi connectivity index (χ1n) is 6.77. The van der Waals surface area contributed by atoms with Crippen LogP contribution in [-0.4, -0.2) is 55.0 Å². The van der Waals surface area contributed by atoms with Crippen LogP contribution in [0.25, 0.3) is 0 Å². The molecule has 0 aliphatic carbocycles. The Bertz CT molecular complexity index is 427. The molecule has 1 amide bonds. The lowest BCUT2D eigenvalue weighted by Crippen LogP contribution is -2.48. The standard InChI is InChI=1S/C14H22N4O/c1-2-17-6-8-18(9-7-17)11-14(19)16-13-5-3-4-12(15)10-13/h3-5,10H,2,6-9,11,15H2,1H3,(H,16,19). The highest BCUT2D eigenvalue weighted by Gasteiger charge is 2.17. The number of piperazine rings is 1. The fourth-order valence-corrected chi connectivity index (χ4v) is 2.28. The molecular weight excluding hydrogens is 240 g/mol. The largest absolute Gasteiger partial charge is 0.399 e. The third kappa shape index (κ3) is 4.22. The summed E-state index contributed by atoms with van der Waals surface area (Å²) in [5.41, 5.74) is 7.10. The van der Waals surface area contributed by atoms with E-state index in [-0.39, 0.29) is 5.91 Å². The summed E-state index contributed by atoms with van der Waals surface area (Å²) in [5.74, 6) is 0.0237. The number of carbonyl (C=O) groups excluding carboxylic acids is 1. The number of anilines is 2. The monoisotopic (exact) mass is 262 g/mol. The van der Waals surface area contributed by atoms with Crippen molar-refractivity contribution < 1.29 is 4.79 Å². The molecule has 1 fully saturated rings. The predicted octanol–water partition coefficient (Wildman–Crippen LogP) is 0.845. The molecule has 104 valence electrons. The smallest absolute Gasteiger partial charge is 0.238 e. The van der Waals surface area contributed by atoms with Gasteiger partial charge in [-0.25, -0.2) is 0 Å². The number of rotatable bonds is 4. The summed E-state index contributed by atoms with van der Waals surface area (Å²) < 4.78 is 0. The van der Waals surface area contributed by atoms with Gasteiger partial charge in [0.1, 0.15) is 0 Å². The Morgan fingerprint density at radius 2 is 1.95 bits per heavy atom. The average Bonchev–Trinajstić information content (AvgIpc) is 2.39. The minimum absolute atomic E-state index is 0.0237. The van der Waals surface area contributed by atoms with E-state index >= 15 is 0 Å². The summed E-state index contributed by atoms with van der Waals surface area (Å²) in [7, 11) is 0. The first-order valence-corrected chi connectivity index (χ1v) is 6.77. The van der Waals surface area contributed by atoms with Gasteiger partial charge >= 0.3 is 0 Å². The van der Waals surface area contributed by atoms with E-state index in [1.807, 2.05) is 12.1 Å². The molecule has 1 heterocycles. The van der Waals surface area contributed by atoms with Gasteiger partial charge in [0.05, 0.1) is 6.54 Å². The molecule has 0 bridgehead atoms. The summed E-state index contributed by atoms with van der Waals surface area (Å²) >= 11 is 0. The maximum Gasteiger partial charge on any atom is 0.238 e. The van der Waals surface area contributed by atoms with E-state index in [4.69, 9.17) is 5.73 Å². The van der Waals surface area contributed by atoms with Gasteiger partial charge in [-0.2, -0.15) is 0 Å². The van der Waals surface area contributed by atoms with Crippen molar-refractivity contribution in [1.29, 1.82) is 0 Å². The Labute approximate surface area is 114 Å². The van der Waals surface area contributed by atoms with Crippen molar-refractivity contribution in [3.05, 3.63) is 24.3 Å². The number of amides is 1. The van der Waals surface area contributed by atoms with Gasteiger partial charge in [-0.1, -0.05) is 13.0 Å². The first-order chi connectivity index (χ1) is 9.17. The van der Waals surface area contributed by atoms with Crippen LogP contribution in [0.15, 0.2) is 24.3 Å². The third-order valence-electron chi connectivity index (χ3n) is 3.45. The molecule has 1 aromatic rings. The van der Waals surface area contributed by atoms with Crippen LogP contribution in [0.5, 0.6) is 0 Å². The average molecular weight is 262 g/mol. The highest BCUT2D eigenvalue weighted by atomic mass is 16.2. The quantitative estimate of drug-likeness (QED) is 0.790. The molecule has 5 heteroatoms. The van der Waals surface area contributed by atoms with Crippen molar-refractivity contribution in [3.8, 4) is 0 Å². The van der Waals surface area contributed by atoms with Crippen molar-refractivity contribution in [3.63, 3.8) is 0 Å². The second kappa shape index (κ2) is 6.54. The molecular formula is C14H22N4O.